The smallest absolute Gasteiger partial charge is 0.137 e. The normalized spacial score (nSPS) is 31.2. The number of aromatic nitrogens is 1. The van der Waals surface area contributed by atoms with Gasteiger partial charge in [-0.15, -0.1) is 0 Å². The Balaban J connectivity index is 1.83. The molecule has 0 saturated carbocycles. The molecular formula is C13H21N5O. The quantitative estimate of drug-likeness (QED) is 0.569. The maximum absolute atomic E-state index is 5.80. The number of nitrogens with one attached hydrogen (secondary N) is 1. The van der Waals surface area contributed by atoms with Crippen LogP contribution in [-0.2, 0) is 0 Å². The zero-order chi connectivity index (χ0) is 13.2. The summed E-state index contributed by atoms with van der Waals surface area (Å²) in [5.41, 5.74) is 4.04. The Kier molecular flexibility index (Phi) is 3.65. The second kappa shape index (κ2) is 5.42. The van der Waals surface area contributed by atoms with Crippen molar-refractivity contribution < 1.29 is 4.74 Å². The van der Waals surface area contributed by atoms with E-state index in [4.69, 9.17) is 10.6 Å². The maximum Gasteiger partial charge on any atom is 0.137 e. The summed E-state index contributed by atoms with van der Waals surface area (Å²) in [5, 5.41) is 0. The maximum atomic E-state index is 5.80. The van der Waals surface area contributed by atoms with E-state index in [2.05, 4.69) is 20.2 Å². The van der Waals surface area contributed by atoms with Crippen molar-refractivity contribution in [2.75, 3.05) is 39.8 Å². The lowest BCUT2D eigenvalue weighted by Gasteiger charge is -2.50. The molecule has 1 aromatic heterocycles. The molecule has 19 heavy (non-hydrogen) atoms. The fourth-order valence-corrected chi connectivity index (χ4v) is 3.12. The minimum Gasteiger partial charge on any atom is -0.495 e. The highest BCUT2D eigenvalue weighted by molar-refractivity contribution is 5.27. The number of ether oxygens (including phenoxy) is 1. The number of fused-ring (bicyclic) bond motifs is 3. The molecule has 2 unspecified atom stereocenters. The highest BCUT2D eigenvalue weighted by atomic mass is 16.5. The van der Waals surface area contributed by atoms with Crippen molar-refractivity contribution in [1.82, 2.24) is 20.2 Å². The number of piperazine rings is 3. The zero-order valence-corrected chi connectivity index (χ0v) is 11.2. The van der Waals surface area contributed by atoms with Gasteiger partial charge in [0, 0.05) is 45.0 Å². The van der Waals surface area contributed by atoms with E-state index in [9.17, 15) is 0 Å². The van der Waals surface area contributed by atoms with E-state index >= 15 is 0 Å². The first-order valence-corrected chi connectivity index (χ1v) is 6.73. The van der Waals surface area contributed by atoms with Gasteiger partial charge in [-0.3, -0.25) is 26.1 Å². The largest absolute Gasteiger partial charge is 0.495 e. The Morgan fingerprint density at radius 3 is 2.74 bits per heavy atom. The summed E-state index contributed by atoms with van der Waals surface area (Å²) in [6.45, 7) is 5.65. The number of nitrogens with zero attached hydrogens (tertiary/aromatic N) is 3. The molecule has 3 fully saturated rings. The average molecular weight is 263 g/mol. The molecule has 3 saturated heterocycles. The van der Waals surface area contributed by atoms with Crippen LogP contribution < -0.4 is 16.0 Å². The molecule has 0 radical (unpaired) electrons. The summed E-state index contributed by atoms with van der Waals surface area (Å²) in [6.07, 6.45) is 3.58. The second-order valence-electron chi connectivity index (χ2n) is 5.21. The summed E-state index contributed by atoms with van der Waals surface area (Å²) in [4.78, 5) is 9.25. The molecular weight excluding hydrogens is 242 g/mol. The lowest BCUT2D eigenvalue weighted by Crippen LogP contribution is -2.64. The number of hydrogen-bond acceptors (Lipinski definition) is 6. The van der Waals surface area contributed by atoms with Crippen LogP contribution in [0.2, 0.25) is 0 Å². The predicted octanol–water partition coefficient (Wildman–Crippen LogP) is -0.406. The molecule has 4 heterocycles. The van der Waals surface area contributed by atoms with Crippen LogP contribution in [0.1, 0.15) is 11.6 Å². The van der Waals surface area contributed by atoms with Gasteiger partial charge in [-0.1, -0.05) is 0 Å². The Hall–Kier alpha value is -1.21. The highest BCUT2D eigenvalue weighted by Gasteiger charge is 2.37. The van der Waals surface area contributed by atoms with Gasteiger partial charge in [0.25, 0.3) is 0 Å². The van der Waals surface area contributed by atoms with Crippen LogP contribution in [0.3, 0.4) is 0 Å². The SMILES string of the molecule is COc1cncc(C(NN)C2CN3CCN2CC3)c1. The molecule has 0 aromatic carbocycles. The molecule has 0 aliphatic carbocycles. The van der Waals surface area contributed by atoms with Crippen LogP contribution in [0.4, 0.5) is 0 Å². The van der Waals surface area contributed by atoms with Crippen LogP contribution in [0.5, 0.6) is 5.75 Å². The molecule has 4 rings (SSSR count). The fourth-order valence-electron chi connectivity index (χ4n) is 3.12. The van der Waals surface area contributed by atoms with Crippen LogP contribution in [-0.4, -0.2) is 60.7 Å². The van der Waals surface area contributed by atoms with E-state index in [1.165, 1.54) is 13.1 Å². The predicted molar refractivity (Wildman–Crippen MR) is 72.7 cm³/mol. The van der Waals surface area contributed by atoms with E-state index in [0.717, 1.165) is 30.9 Å². The molecule has 3 aliphatic heterocycles. The molecule has 6 heteroatoms. The third-order valence-electron chi connectivity index (χ3n) is 4.21. The summed E-state index contributed by atoms with van der Waals surface area (Å²) in [5.74, 6) is 6.57. The third kappa shape index (κ3) is 2.44. The van der Waals surface area contributed by atoms with E-state index in [1.54, 1.807) is 13.3 Å². The van der Waals surface area contributed by atoms with Crippen molar-refractivity contribution in [1.29, 1.82) is 0 Å². The number of rotatable bonds is 4. The third-order valence-corrected chi connectivity index (χ3v) is 4.21. The highest BCUT2D eigenvalue weighted by Crippen LogP contribution is 2.27. The standard InChI is InChI=1S/C13H21N5O/c1-19-11-6-10(7-15-8-11)13(16-14)12-9-17-2-4-18(12)5-3-17/h6-8,12-13,16H,2-5,9,14H2,1H3. The topological polar surface area (TPSA) is 66.7 Å². The van der Waals surface area contributed by atoms with Gasteiger partial charge in [0.2, 0.25) is 0 Å². The van der Waals surface area contributed by atoms with Crippen molar-refractivity contribution in [2.45, 2.75) is 12.1 Å². The lowest BCUT2D eigenvalue weighted by molar-refractivity contribution is -0.00376. The van der Waals surface area contributed by atoms with Gasteiger partial charge in [0.05, 0.1) is 19.3 Å². The van der Waals surface area contributed by atoms with Gasteiger partial charge in [0.1, 0.15) is 5.75 Å². The van der Waals surface area contributed by atoms with Crippen molar-refractivity contribution in [3.05, 3.63) is 24.0 Å². The second-order valence-corrected chi connectivity index (χ2v) is 5.21. The van der Waals surface area contributed by atoms with Crippen LogP contribution in [0.25, 0.3) is 0 Å². The summed E-state index contributed by atoms with van der Waals surface area (Å²) in [7, 11) is 1.66. The first kappa shape index (κ1) is 12.8. The first-order valence-electron chi connectivity index (χ1n) is 6.73. The molecule has 0 amide bonds. The van der Waals surface area contributed by atoms with Gasteiger partial charge in [-0.05, 0) is 11.6 Å². The minimum absolute atomic E-state index is 0.0886. The Bertz CT molecular complexity index is 433. The van der Waals surface area contributed by atoms with Crippen LogP contribution in [0, 0.1) is 0 Å². The molecule has 1 aromatic rings. The number of hydrazine groups is 1. The van der Waals surface area contributed by atoms with Gasteiger partial charge < -0.3 is 4.74 Å². The Labute approximate surface area is 113 Å². The summed E-state index contributed by atoms with van der Waals surface area (Å²) < 4.78 is 5.24. The lowest BCUT2D eigenvalue weighted by atomic mass is 9.95. The van der Waals surface area contributed by atoms with Crippen molar-refractivity contribution in [3.63, 3.8) is 0 Å². The van der Waals surface area contributed by atoms with Gasteiger partial charge in [0.15, 0.2) is 0 Å². The zero-order valence-electron chi connectivity index (χ0n) is 11.2. The minimum atomic E-state index is 0.0886. The number of hydrogen-bond donors (Lipinski definition) is 2. The van der Waals surface area contributed by atoms with Crippen molar-refractivity contribution >= 4 is 0 Å². The molecule has 3 aliphatic rings. The van der Waals surface area contributed by atoms with Crippen molar-refractivity contribution in [3.8, 4) is 5.75 Å². The van der Waals surface area contributed by atoms with E-state index in [0.29, 0.717) is 6.04 Å². The summed E-state index contributed by atoms with van der Waals surface area (Å²) >= 11 is 0. The van der Waals surface area contributed by atoms with E-state index < -0.39 is 0 Å². The van der Waals surface area contributed by atoms with Gasteiger partial charge >= 0.3 is 0 Å². The van der Waals surface area contributed by atoms with Crippen LogP contribution >= 0.6 is 0 Å². The van der Waals surface area contributed by atoms with E-state index in [-0.39, 0.29) is 6.04 Å². The van der Waals surface area contributed by atoms with Crippen LogP contribution in [0.15, 0.2) is 18.5 Å². The monoisotopic (exact) mass is 263 g/mol. The molecule has 2 bridgehead atoms. The molecule has 104 valence electrons. The molecule has 2 atom stereocenters. The van der Waals surface area contributed by atoms with Gasteiger partial charge in [-0.25, -0.2) is 0 Å². The van der Waals surface area contributed by atoms with E-state index in [1.807, 2.05) is 12.3 Å². The number of pyridine rings is 1. The van der Waals surface area contributed by atoms with Gasteiger partial charge in [-0.2, -0.15) is 0 Å². The average Bonchev–Trinajstić information content (AvgIpc) is 2.49. The Morgan fingerprint density at radius 1 is 1.37 bits per heavy atom. The molecule has 3 N–H and O–H groups in total. The fraction of sp³-hybridized carbons (Fsp3) is 0.615. The summed E-state index contributed by atoms with van der Waals surface area (Å²) in [6, 6.07) is 2.50. The number of methoxy groups -OCH3 is 1. The Morgan fingerprint density at radius 2 is 2.16 bits per heavy atom. The molecule has 0 spiro atoms. The molecule has 6 nitrogen and oxygen atoms in total. The first-order chi connectivity index (χ1) is 9.31. The van der Waals surface area contributed by atoms with Crippen molar-refractivity contribution in [2.24, 2.45) is 5.84 Å². The number of nitrogens with two attached hydrogens (primary N) is 1.